The van der Waals surface area contributed by atoms with E-state index in [1.807, 2.05) is 13.0 Å². The van der Waals surface area contributed by atoms with E-state index < -0.39 is 0 Å². The second kappa shape index (κ2) is 6.20. The Morgan fingerprint density at radius 3 is 2.88 bits per heavy atom. The number of rotatable bonds is 4. The van der Waals surface area contributed by atoms with Gasteiger partial charge in [-0.05, 0) is 13.3 Å². The standard InChI is InChI=1S/C11H14ClN3O2/c1-4-5-7(2)10(16)15-11-13-8(12)6-9(14-11)17-3/h5-6H,4H2,1-3H3,(H,13,14,15,16)/b7-5-. The molecule has 17 heavy (non-hydrogen) atoms. The van der Waals surface area contributed by atoms with Crippen molar-refractivity contribution in [2.45, 2.75) is 20.3 Å². The molecular formula is C11H14ClN3O2. The molecule has 5 nitrogen and oxygen atoms in total. The Bertz CT molecular complexity index is 446. The number of hydrogen-bond acceptors (Lipinski definition) is 4. The van der Waals surface area contributed by atoms with E-state index >= 15 is 0 Å². The van der Waals surface area contributed by atoms with Gasteiger partial charge in [0.05, 0.1) is 7.11 Å². The monoisotopic (exact) mass is 255 g/mol. The summed E-state index contributed by atoms with van der Waals surface area (Å²) in [6, 6.07) is 1.46. The van der Waals surface area contributed by atoms with Gasteiger partial charge in [-0.1, -0.05) is 24.6 Å². The summed E-state index contributed by atoms with van der Waals surface area (Å²) in [6.07, 6.45) is 2.61. The van der Waals surface area contributed by atoms with E-state index in [2.05, 4.69) is 15.3 Å². The lowest BCUT2D eigenvalue weighted by molar-refractivity contribution is -0.112. The van der Waals surface area contributed by atoms with Crippen LogP contribution in [-0.4, -0.2) is 23.0 Å². The second-order valence-electron chi connectivity index (χ2n) is 3.31. The van der Waals surface area contributed by atoms with E-state index in [0.29, 0.717) is 11.5 Å². The molecule has 92 valence electrons. The first-order chi connectivity index (χ1) is 8.06. The lowest BCUT2D eigenvalue weighted by Crippen LogP contribution is -2.15. The van der Waals surface area contributed by atoms with Gasteiger partial charge in [0, 0.05) is 11.6 Å². The molecule has 0 radical (unpaired) electrons. The van der Waals surface area contributed by atoms with Crippen molar-refractivity contribution in [3.63, 3.8) is 0 Å². The Morgan fingerprint density at radius 1 is 1.59 bits per heavy atom. The molecule has 0 saturated carbocycles. The first-order valence-corrected chi connectivity index (χ1v) is 5.51. The molecule has 0 aliphatic heterocycles. The van der Waals surface area contributed by atoms with Crippen molar-refractivity contribution in [3.8, 4) is 5.88 Å². The van der Waals surface area contributed by atoms with Crippen molar-refractivity contribution >= 4 is 23.5 Å². The number of ether oxygens (including phenoxy) is 1. The fourth-order valence-electron chi connectivity index (χ4n) is 1.16. The van der Waals surface area contributed by atoms with E-state index in [-0.39, 0.29) is 17.0 Å². The number of anilines is 1. The van der Waals surface area contributed by atoms with Crippen LogP contribution in [0.1, 0.15) is 20.3 Å². The van der Waals surface area contributed by atoms with Gasteiger partial charge in [-0.15, -0.1) is 0 Å². The highest BCUT2D eigenvalue weighted by molar-refractivity contribution is 6.29. The number of allylic oxidation sites excluding steroid dienone is 1. The molecule has 0 spiro atoms. The van der Waals surface area contributed by atoms with E-state index in [1.54, 1.807) is 6.92 Å². The lowest BCUT2D eigenvalue weighted by Gasteiger charge is -2.05. The summed E-state index contributed by atoms with van der Waals surface area (Å²) in [6.45, 7) is 3.68. The molecular weight excluding hydrogens is 242 g/mol. The van der Waals surface area contributed by atoms with Crippen LogP contribution in [-0.2, 0) is 4.79 Å². The minimum absolute atomic E-state index is 0.128. The third-order valence-corrected chi connectivity index (χ3v) is 2.17. The number of halogens is 1. The van der Waals surface area contributed by atoms with Crippen molar-refractivity contribution in [2.24, 2.45) is 0 Å². The van der Waals surface area contributed by atoms with Gasteiger partial charge < -0.3 is 4.74 Å². The molecule has 0 fully saturated rings. The van der Waals surface area contributed by atoms with Crippen molar-refractivity contribution < 1.29 is 9.53 Å². The van der Waals surface area contributed by atoms with Gasteiger partial charge in [-0.2, -0.15) is 4.98 Å². The Morgan fingerprint density at radius 2 is 2.29 bits per heavy atom. The number of hydrogen-bond donors (Lipinski definition) is 1. The molecule has 0 atom stereocenters. The third kappa shape index (κ3) is 4.03. The van der Waals surface area contributed by atoms with E-state index in [4.69, 9.17) is 16.3 Å². The molecule has 0 aromatic carbocycles. The third-order valence-electron chi connectivity index (χ3n) is 1.97. The number of carbonyl (C=O) groups is 1. The predicted molar refractivity (Wildman–Crippen MR) is 66.3 cm³/mol. The van der Waals surface area contributed by atoms with Gasteiger partial charge in [0.2, 0.25) is 11.8 Å². The van der Waals surface area contributed by atoms with Crippen molar-refractivity contribution in [1.82, 2.24) is 9.97 Å². The molecule has 1 aromatic rings. The summed E-state index contributed by atoms with van der Waals surface area (Å²) in [5.74, 6) is 0.178. The summed E-state index contributed by atoms with van der Waals surface area (Å²) in [5, 5.41) is 2.76. The van der Waals surface area contributed by atoms with Gasteiger partial charge in [0.25, 0.3) is 5.91 Å². The molecule has 1 N–H and O–H groups in total. The Balaban J connectivity index is 2.85. The molecule has 0 aliphatic carbocycles. The fraction of sp³-hybridized carbons (Fsp3) is 0.364. The molecule has 1 rings (SSSR count). The summed E-state index contributed by atoms with van der Waals surface area (Å²) in [5.41, 5.74) is 0.607. The van der Waals surface area contributed by atoms with Crippen molar-refractivity contribution in [3.05, 3.63) is 22.9 Å². The van der Waals surface area contributed by atoms with Crippen LogP contribution >= 0.6 is 11.6 Å². The quantitative estimate of drug-likeness (QED) is 0.663. The predicted octanol–water partition coefficient (Wildman–Crippen LogP) is 2.43. The van der Waals surface area contributed by atoms with Gasteiger partial charge in [-0.3, -0.25) is 10.1 Å². The van der Waals surface area contributed by atoms with Crippen LogP contribution in [0.2, 0.25) is 5.15 Å². The number of amides is 1. The highest BCUT2D eigenvalue weighted by Gasteiger charge is 2.08. The first kappa shape index (κ1) is 13.4. The number of nitrogens with zero attached hydrogens (tertiary/aromatic N) is 2. The maximum atomic E-state index is 11.7. The van der Waals surface area contributed by atoms with E-state index in [1.165, 1.54) is 13.2 Å². The smallest absolute Gasteiger partial charge is 0.253 e. The van der Waals surface area contributed by atoms with Crippen LogP contribution in [0.15, 0.2) is 17.7 Å². The van der Waals surface area contributed by atoms with Gasteiger partial charge >= 0.3 is 0 Å². The van der Waals surface area contributed by atoms with E-state index in [9.17, 15) is 4.79 Å². The van der Waals surface area contributed by atoms with Gasteiger partial charge in [0.15, 0.2) is 0 Å². The number of methoxy groups -OCH3 is 1. The maximum absolute atomic E-state index is 11.7. The number of aromatic nitrogens is 2. The topological polar surface area (TPSA) is 64.1 Å². The molecule has 1 amide bonds. The van der Waals surface area contributed by atoms with Crippen LogP contribution in [0.5, 0.6) is 5.88 Å². The van der Waals surface area contributed by atoms with Crippen LogP contribution in [0, 0.1) is 0 Å². The van der Waals surface area contributed by atoms with Crippen LogP contribution < -0.4 is 10.1 Å². The lowest BCUT2D eigenvalue weighted by atomic mass is 10.2. The van der Waals surface area contributed by atoms with Crippen LogP contribution in [0.3, 0.4) is 0 Å². The van der Waals surface area contributed by atoms with Crippen LogP contribution in [0.4, 0.5) is 5.95 Å². The Hall–Kier alpha value is -1.62. The average molecular weight is 256 g/mol. The normalized spacial score (nSPS) is 11.2. The Labute approximate surface area is 105 Å². The number of nitrogens with one attached hydrogen (secondary N) is 1. The minimum Gasteiger partial charge on any atom is -0.481 e. The average Bonchev–Trinajstić information content (AvgIpc) is 2.28. The Kier molecular flexibility index (Phi) is 4.90. The highest BCUT2D eigenvalue weighted by Crippen LogP contribution is 2.16. The van der Waals surface area contributed by atoms with Crippen molar-refractivity contribution in [1.29, 1.82) is 0 Å². The first-order valence-electron chi connectivity index (χ1n) is 5.13. The zero-order valence-corrected chi connectivity index (χ0v) is 10.7. The molecule has 0 aliphatic rings. The summed E-state index contributed by atoms with van der Waals surface area (Å²) < 4.78 is 4.92. The van der Waals surface area contributed by atoms with Gasteiger partial charge in [-0.25, -0.2) is 4.98 Å². The molecule has 1 heterocycles. The number of carbonyl (C=O) groups excluding carboxylic acids is 1. The van der Waals surface area contributed by atoms with E-state index in [0.717, 1.165) is 6.42 Å². The summed E-state index contributed by atoms with van der Waals surface area (Å²) in [7, 11) is 1.46. The highest BCUT2D eigenvalue weighted by atomic mass is 35.5. The zero-order valence-electron chi connectivity index (χ0n) is 9.95. The summed E-state index contributed by atoms with van der Waals surface area (Å²) in [4.78, 5) is 19.5. The van der Waals surface area contributed by atoms with Crippen molar-refractivity contribution in [2.75, 3.05) is 12.4 Å². The molecule has 0 bridgehead atoms. The van der Waals surface area contributed by atoms with Gasteiger partial charge in [0.1, 0.15) is 5.15 Å². The molecule has 0 saturated heterocycles. The SMILES string of the molecule is CC/C=C(/C)C(=O)Nc1nc(Cl)cc(OC)n1. The fourth-order valence-corrected chi connectivity index (χ4v) is 1.33. The minimum atomic E-state index is -0.254. The molecule has 6 heteroatoms. The summed E-state index contributed by atoms with van der Waals surface area (Å²) >= 11 is 5.76. The largest absolute Gasteiger partial charge is 0.481 e. The molecule has 0 unspecified atom stereocenters. The zero-order chi connectivity index (χ0) is 12.8. The maximum Gasteiger partial charge on any atom is 0.253 e. The second-order valence-corrected chi connectivity index (χ2v) is 3.69. The van der Waals surface area contributed by atoms with Crippen LogP contribution in [0.25, 0.3) is 0 Å². The molecule has 1 aromatic heterocycles.